The van der Waals surface area contributed by atoms with Crippen LogP contribution in [0.25, 0.3) is 10.9 Å². The first-order valence-electron chi connectivity index (χ1n) is 10.7. The number of H-pyrrole nitrogens is 1. The summed E-state index contributed by atoms with van der Waals surface area (Å²) in [5, 5.41) is 14.7. The first kappa shape index (κ1) is 22.1. The summed E-state index contributed by atoms with van der Waals surface area (Å²) in [7, 11) is -2.02. The Bertz CT molecular complexity index is 895. The minimum atomic E-state index is -2.02. The van der Waals surface area contributed by atoms with E-state index < -0.39 is 8.32 Å². The van der Waals surface area contributed by atoms with Crippen LogP contribution in [0.3, 0.4) is 0 Å². The highest BCUT2D eigenvalue weighted by molar-refractivity contribution is 6.74. The second-order valence-electron chi connectivity index (χ2n) is 9.71. The van der Waals surface area contributed by atoms with Gasteiger partial charge in [-0.25, -0.2) is 0 Å². The van der Waals surface area contributed by atoms with Crippen LogP contribution in [-0.2, 0) is 4.43 Å². The Hall–Kier alpha value is -1.63. The summed E-state index contributed by atoms with van der Waals surface area (Å²) in [6.45, 7) is 13.4. The highest BCUT2D eigenvalue weighted by Crippen LogP contribution is 2.43. The molecule has 6 heteroatoms. The molecule has 1 aliphatic rings. The van der Waals surface area contributed by atoms with Gasteiger partial charge in [0.2, 0.25) is 5.56 Å². The second-order valence-corrected chi connectivity index (χ2v) is 14.5. The molecule has 0 aliphatic carbocycles. The Balaban J connectivity index is 1.97. The third kappa shape index (κ3) is 5.11. The number of aromatic nitrogens is 1. The summed E-state index contributed by atoms with van der Waals surface area (Å²) in [6, 6.07) is 6.94. The maximum Gasteiger partial charge on any atom is 0.248 e. The summed E-state index contributed by atoms with van der Waals surface area (Å²) in [5.74, 6) is 0.694. The molecule has 1 atom stereocenters. The zero-order chi connectivity index (χ0) is 21.2. The number of fused-ring (bicyclic) bond motifs is 1. The topological polar surface area (TPSA) is 74.3 Å². The summed E-state index contributed by atoms with van der Waals surface area (Å²) in [4.78, 5) is 14.6. The zero-order valence-corrected chi connectivity index (χ0v) is 19.3. The van der Waals surface area contributed by atoms with E-state index in [0.717, 1.165) is 43.3 Å². The van der Waals surface area contributed by atoms with Gasteiger partial charge in [-0.3, -0.25) is 4.79 Å². The molecule has 0 unspecified atom stereocenters. The number of nitrogens with one attached hydrogen (secondary N) is 2. The van der Waals surface area contributed by atoms with Crippen LogP contribution in [0.1, 0.15) is 51.7 Å². The Morgan fingerprint density at radius 3 is 2.55 bits per heavy atom. The van der Waals surface area contributed by atoms with Gasteiger partial charge in [-0.2, -0.15) is 0 Å². The molecule has 0 spiro atoms. The zero-order valence-electron chi connectivity index (χ0n) is 18.3. The average Bonchev–Trinajstić information content (AvgIpc) is 2.66. The number of hydrogen-bond acceptors (Lipinski definition) is 4. The fraction of sp³-hybridized carbons (Fsp3) is 0.565. The fourth-order valence-electron chi connectivity index (χ4n) is 3.71. The van der Waals surface area contributed by atoms with Crippen molar-refractivity contribution < 1.29 is 9.53 Å². The van der Waals surface area contributed by atoms with Crippen LogP contribution < -0.4 is 10.9 Å². The number of pyridine rings is 1. The van der Waals surface area contributed by atoms with Crippen LogP contribution in [0.2, 0.25) is 18.1 Å². The van der Waals surface area contributed by atoms with E-state index in [1.807, 2.05) is 6.07 Å². The van der Waals surface area contributed by atoms with Crippen LogP contribution in [0, 0.1) is 12.3 Å². The number of rotatable bonds is 6. The standard InChI is InChI=1S/C23H35N2O3Si/c1-23(2,3)29(4,5)28-20(10-6-16-12-14-24-15-13-16)17-7-9-19(26)22-18(17)8-11-21(27)25-22/h6-9,11,16,20,24,26H,10,12-15H2,1-5H3,(H,25,27)/t20-/m1/s1. The minimum absolute atomic E-state index is 0.0925. The number of aromatic amines is 1. The molecule has 5 nitrogen and oxygen atoms in total. The first-order chi connectivity index (χ1) is 13.6. The van der Waals surface area contributed by atoms with Crippen molar-refractivity contribution >= 4 is 19.2 Å². The molecule has 1 aliphatic heterocycles. The molecule has 1 aromatic carbocycles. The van der Waals surface area contributed by atoms with Crippen molar-refractivity contribution in [3.8, 4) is 5.75 Å². The molecule has 29 heavy (non-hydrogen) atoms. The van der Waals surface area contributed by atoms with Gasteiger partial charge in [0.25, 0.3) is 0 Å². The number of phenolic OH excluding ortho intramolecular Hbond substituents is 1. The molecule has 159 valence electrons. The summed E-state index contributed by atoms with van der Waals surface area (Å²) >= 11 is 0. The van der Waals surface area contributed by atoms with E-state index in [0.29, 0.717) is 11.4 Å². The van der Waals surface area contributed by atoms with Crippen molar-refractivity contribution in [2.45, 2.75) is 64.3 Å². The van der Waals surface area contributed by atoms with E-state index in [4.69, 9.17) is 4.43 Å². The molecule has 3 N–H and O–H groups in total. The Labute approximate surface area is 175 Å². The lowest BCUT2D eigenvalue weighted by molar-refractivity contribution is 0.178. The summed E-state index contributed by atoms with van der Waals surface area (Å²) < 4.78 is 6.88. The van der Waals surface area contributed by atoms with Crippen LogP contribution >= 0.6 is 0 Å². The number of phenols is 1. The van der Waals surface area contributed by atoms with Crippen LogP contribution in [0.15, 0.2) is 29.1 Å². The van der Waals surface area contributed by atoms with Crippen LogP contribution in [0.5, 0.6) is 5.75 Å². The lowest BCUT2D eigenvalue weighted by Crippen LogP contribution is -2.42. The Morgan fingerprint density at radius 1 is 1.21 bits per heavy atom. The average molecular weight is 416 g/mol. The van der Waals surface area contributed by atoms with Gasteiger partial charge < -0.3 is 19.8 Å². The molecule has 1 radical (unpaired) electrons. The SMILES string of the molecule is CC(C)(C)[Si](C)(C)O[C@H](C[CH]C1CCNCC1)c1ccc(O)c2[nH]c(=O)ccc12. The first-order valence-corrected chi connectivity index (χ1v) is 13.6. The number of benzene rings is 1. The van der Waals surface area contributed by atoms with E-state index >= 15 is 0 Å². The van der Waals surface area contributed by atoms with Gasteiger partial charge in [-0.05, 0) is 80.5 Å². The molecule has 1 fully saturated rings. The van der Waals surface area contributed by atoms with Crippen molar-refractivity contribution in [2.24, 2.45) is 5.92 Å². The minimum Gasteiger partial charge on any atom is -0.506 e. The van der Waals surface area contributed by atoms with Gasteiger partial charge in [0, 0.05) is 11.5 Å². The maximum atomic E-state index is 11.8. The van der Waals surface area contributed by atoms with Gasteiger partial charge >= 0.3 is 0 Å². The molecule has 0 amide bonds. The molecular weight excluding hydrogens is 380 g/mol. The number of piperidine rings is 1. The normalized spacial score (nSPS) is 17.6. The maximum absolute atomic E-state index is 11.8. The monoisotopic (exact) mass is 415 g/mol. The third-order valence-corrected chi connectivity index (χ3v) is 11.1. The number of aromatic hydroxyl groups is 1. The summed E-state index contributed by atoms with van der Waals surface area (Å²) in [6.07, 6.45) is 5.48. The number of hydrogen-bond donors (Lipinski definition) is 3. The molecule has 1 aromatic heterocycles. The predicted octanol–water partition coefficient (Wildman–Crippen LogP) is 4.89. The van der Waals surface area contributed by atoms with E-state index in [-0.39, 0.29) is 22.5 Å². The molecule has 1 saturated heterocycles. The second kappa shape index (κ2) is 8.62. The smallest absolute Gasteiger partial charge is 0.248 e. The molecule has 0 saturated carbocycles. The molecule has 0 bridgehead atoms. The van der Waals surface area contributed by atoms with Gasteiger partial charge in [-0.15, -0.1) is 0 Å². The van der Waals surface area contributed by atoms with E-state index in [9.17, 15) is 9.90 Å². The lowest BCUT2D eigenvalue weighted by Gasteiger charge is -2.40. The van der Waals surface area contributed by atoms with Crippen molar-refractivity contribution in [3.63, 3.8) is 0 Å². The van der Waals surface area contributed by atoms with Gasteiger partial charge in [0.15, 0.2) is 8.32 Å². The lowest BCUT2D eigenvalue weighted by atomic mass is 9.90. The van der Waals surface area contributed by atoms with E-state index in [2.05, 4.69) is 50.6 Å². The largest absolute Gasteiger partial charge is 0.506 e. The van der Waals surface area contributed by atoms with Crippen molar-refractivity contribution in [2.75, 3.05) is 13.1 Å². The molecular formula is C23H35N2O3Si. The van der Waals surface area contributed by atoms with Crippen LogP contribution in [-0.4, -0.2) is 31.5 Å². The van der Waals surface area contributed by atoms with Crippen molar-refractivity contribution in [1.82, 2.24) is 10.3 Å². The molecule has 3 rings (SSSR count). The third-order valence-electron chi connectivity index (χ3n) is 6.56. The Morgan fingerprint density at radius 2 is 1.90 bits per heavy atom. The van der Waals surface area contributed by atoms with Crippen LogP contribution in [0.4, 0.5) is 0 Å². The molecule has 2 heterocycles. The van der Waals surface area contributed by atoms with Crippen molar-refractivity contribution in [1.29, 1.82) is 0 Å². The quantitative estimate of drug-likeness (QED) is 0.587. The Kier molecular flexibility index (Phi) is 6.56. The van der Waals surface area contributed by atoms with Gasteiger partial charge in [0.05, 0.1) is 11.6 Å². The summed E-state index contributed by atoms with van der Waals surface area (Å²) in [5.41, 5.74) is 1.30. The molecule has 2 aromatic rings. The van der Waals surface area contributed by atoms with Gasteiger partial charge in [-0.1, -0.05) is 26.8 Å². The highest BCUT2D eigenvalue weighted by Gasteiger charge is 2.39. The van der Waals surface area contributed by atoms with E-state index in [1.54, 1.807) is 12.1 Å². The van der Waals surface area contributed by atoms with Crippen molar-refractivity contribution in [3.05, 3.63) is 46.6 Å². The predicted molar refractivity (Wildman–Crippen MR) is 122 cm³/mol. The highest BCUT2D eigenvalue weighted by atomic mass is 28.4. The van der Waals surface area contributed by atoms with Gasteiger partial charge in [0.1, 0.15) is 5.75 Å². The fourth-order valence-corrected chi connectivity index (χ4v) is 4.99. The van der Waals surface area contributed by atoms with E-state index in [1.165, 1.54) is 6.07 Å².